The third kappa shape index (κ3) is 2.38. The van der Waals surface area contributed by atoms with Gasteiger partial charge in [-0.3, -0.25) is 9.59 Å². The van der Waals surface area contributed by atoms with Gasteiger partial charge in [0.2, 0.25) is 11.8 Å². The summed E-state index contributed by atoms with van der Waals surface area (Å²) in [5.41, 5.74) is 0.900. The number of fused-ring (bicyclic) bond motifs is 2. The lowest BCUT2D eigenvalue weighted by Gasteiger charge is -2.38. The molecule has 6 heteroatoms. The van der Waals surface area contributed by atoms with Gasteiger partial charge in [-0.2, -0.15) is 0 Å². The summed E-state index contributed by atoms with van der Waals surface area (Å²) in [5.74, 6) is -1.06. The smallest absolute Gasteiger partial charge is 0.335 e. The Morgan fingerprint density at radius 1 is 1.26 bits per heavy atom. The molecular weight excluding hydrogens is 296 g/mol. The fourth-order valence-electron chi connectivity index (χ4n) is 3.52. The van der Waals surface area contributed by atoms with E-state index in [4.69, 9.17) is 0 Å². The number of carbonyl (C=O) groups excluding carboxylic acids is 2. The third-order valence-corrected chi connectivity index (χ3v) is 4.89. The summed E-state index contributed by atoms with van der Waals surface area (Å²) >= 11 is 0. The summed E-state index contributed by atoms with van der Waals surface area (Å²) in [6.07, 6.45) is 1.04. The Hall–Kier alpha value is -2.37. The van der Waals surface area contributed by atoms with E-state index in [1.165, 1.54) is 6.07 Å². The van der Waals surface area contributed by atoms with Gasteiger partial charge in [0.1, 0.15) is 0 Å². The van der Waals surface area contributed by atoms with Crippen LogP contribution in [0.2, 0.25) is 0 Å². The highest BCUT2D eigenvalue weighted by molar-refractivity contribution is 6.07. The fourth-order valence-corrected chi connectivity index (χ4v) is 3.52. The van der Waals surface area contributed by atoms with Gasteiger partial charge < -0.3 is 15.3 Å². The molecule has 2 N–H and O–H groups in total. The van der Waals surface area contributed by atoms with Gasteiger partial charge in [0.15, 0.2) is 0 Å². The van der Waals surface area contributed by atoms with E-state index in [1.54, 1.807) is 17.0 Å². The first-order valence-corrected chi connectivity index (χ1v) is 7.83. The summed E-state index contributed by atoms with van der Waals surface area (Å²) in [7, 11) is 0. The van der Waals surface area contributed by atoms with E-state index in [1.807, 2.05) is 13.8 Å². The number of carboxylic acid groups (broad SMARTS) is 1. The quantitative estimate of drug-likeness (QED) is 0.872. The standard InChI is InChI=1S/C17H20N2O4/c1-10(2)14(20)19-7-5-17(6-8-19)12-9-11(15(21)22)3-4-13(12)18-16(17)23/h3-4,9-10H,5-8H2,1-2H3,(H,18,23)(H,21,22). The lowest BCUT2D eigenvalue weighted by Crippen LogP contribution is -2.49. The highest BCUT2D eigenvalue weighted by atomic mass is 16.4. The molecule has 23 heavy (non-hydrogen) atoms. The van der Waals surface area contributed by atoms with Crippen molar-refractivity contribution in [2.24, 2.45) is 5.92 Å². The van der Waals surface area contributed by atoms with Crippen LogP contribution in [-0.2, 0) is 15.0 Å². The Morgan fingerprint density at radius 3 is 2.48 bits per heavy atom. The first kappa shape index (κ1) is 15.5. The minimum atomic E-state index is -1.00. The van der Waals surface area contributed by atoms with Crippen LogP contribution in [0.4, 0.5) is 5.69 Å². The van der Waals surface area contributed by atoms with Crippen LogP contribution in [0.3, 0.4) is 0 Å². The zero-order chi connectivity index (χ0) is 16.8. The van der Waals surface area contributed by atoms with Crippen molar-refractivity contribution in [3.63, 3.8) is 0 Å². The fraction of sp³-hybridized carbons (Fsp3) is 0.471. The molecule has 0 saturated carbocycles. The maximum Gasteiger partial charge on any atom is 0.335 e. The van der Waals surface area contributed by atoms with Crippen molar-refractivity contribution in [3.05, 3.63) is 29.3 Å². The van der Waals surface area contributed by atoms with Gasteiger partial charge in [0.05, 0.1) is 11.0 Å². The molecule has 2 amide bonds. The van der Waals surface area contributed by atoms with Crippen molar-refractivity contribution < 1.29 is 19.5 Å². The molecule has 1 aromatic carbocycles. The highest BCUT2D eigenvalue weighted by Gasteiger charge is 2.49. The minimum Gasteiger partial charge on any atom is -0.478 e. The maximum absolute atomic E-state index is 12.5. The van der Waals surface area contributed by atoms with E-state index >= 15 is 0 Å². The Morgan fingerprint density at radius 2 is 1.91 bits per heavy atom. The normalized spacial score (nSPS) is 18.9. The average Bonchev–Trinajstić information content (AvgIpc) is 2.79. The van der Waals surface area contributed by atoms with E-state index in [0.29, 0.717) is 31.6 Å². The number of nitrogens with zero attached hydrogens (tertiary/aromatic N) is 1. The number of hydrogen-bond donors (Lipinski definition) is 2. The monoisotopic (exact) mass is 316 g/mol. The molecule has 2 heterocycles. The summed E-state index contributed by atoms with van der Waals surface area (Å²) in [5, 5.41) is 12.0. The molecule has 1 aromatic rings. The number of hydrogen-bond acceptors (Lipinski definition) is 3. The zero-order valence-electron chi connectivity index (χ0n) is 13.3. The predicted octanol–water partition coefficient (Wildman–Crippen LogP) is 1.85. The molecule has 122 valence electrons. The van der Waals surface area contributed by atoms with Crippen LogP contribution in [0.1, 0.15) is 42.6 Å². The van der Waals surface area contributed by atoms with E-state index in [-0.39, 0.29) is 23.3 Å². The van der Waals surface area contributed by atoms with Crippen molar-refractivity contribution in [2.75, 3.05) is 18.4 Å². The zero-order valence-corrected chi connectivity index (χ0v) is 13.3. The van der Waals surface area contributed by atoms with Gasteiger partial charge in [-0.25, -0.2) is 4.79 Å². The van der Waals surface area contributed by atoms with Gasteiger partial charge in [0.25, 0.3) is 0 Å². The minimum absolute atomic E-state index is 0.0626. The first-order chi connectivity index (χ1) is 10.8. The Kier molecular flexibility index (Phi) is 3.62. The van der Waals surface area contributed by atoms with Gasteiger partial charge in [-0.05, 0) is 36.6 Å². The second-order valence-electron chi connectivity index (χ2n) is 6.58. The number of carboxylic acids is 1. The molecule has 1 spiro atoms. The number of carbonyl (C=O) groups is 3. The summed E-state index contributed by atoms with van der Waals surface area (Å²) in [6, 6.07) is 4.74. The summed E-state index contributed by atoms with van der Waals surface area (Å²) < 4.78 is 0. The summed E-state index contributed by atoms with van der Waals surface area (Å²) in [6.45, 7) is 4.76. The highest BCUT2D eigenvalue weighted by Crippen LogP contribution is 2.45. The second-order valence-corrected chi connectivity index (χ2v) is 6.58. The van der Waals surface area contributed by atoms with Crippen LogP contribution in [0.15, 0.2) is 18.2 Å². The molecule has 0 bridgehead atoms. The van der Waals surface area contributed by atoms with Crippen molar-refractivity contribution >= 4 is 23.5 Å². The van der Waals surface area contributed by atoms with Crippen LogP contribution in [-0.4, -0.2) is 40.9 Å². The van der Waals surface area contributed by atoms with Crippen molar-refractivity contribution in [1.29, 1.82) is 0 Å². The van der Waals surface area contributed by atoms with Gasteiger partial charge >= 0.3 is 5.97 Å². The number of anilines is 1. The van der Waals surface area contributed by atoms with Crippen molar-refractivity contribution in [1.82, 2.24) is 4.90 Å². The van der Waals surface area contributed by atoms with Crippen LogP contribution >= 0.6 is 0 Å². The number of aromatic carboxylic acids is 1. The molecular formula is C17H20N2O4. The number of likely N-dealkylation sites (tertiary alicyclic amines) is 1. The molecule has 0 aliphatic carbocycles. The number of nitrogens with one attached hydrogen (secondary N) is 1. The lowest BCUT2D eigenvalue weighted by atomic mass is 9.73. The molecule has 0 atom stereocenters. The second kappa shape index (κ2) is 5.37. The predicted molar refractivity (Wildman–Crippen MR) is 84.4 cm³/mol. The molecule has 0 aromatic heterocycles. The molecule has 1 saturated heterocycles. The molecule has 2 aliphatic heterocycles. The van der Waals surface area contributed by atoms with Gasteiger partial charge in [0, 0.05) is 24.7 Å². The largest absolute Gasteiger partial charge is 0.478 e. The van der Waals surface area contributed by atoms with E-state index in [9.17, 15) is 19.5 Å². The number of benzene rings is 1. The van der Waals surface area contributed by atoms with Crippen LogP contribution in [0.25, 0.3) is 0 Å². The SMILES string of the molecule is CC(C)C(=O)N1CCC2(CC1)C(=O)Nc1ccc(C(=O)O)cc12. The number of piperidine rings is 1. The van der Waals surface area contributed by atoms with E-state index in [0.717, 1.165) is 5.56 Å². The molecule has 2 aliphatic rings. The first-order valence-electron chi connectivity index (χ1n) is 7.83. The van der Waals surface area contributed by atoms with Crippen molar-refractivity contribution in [3.8, 4) is 0 Å². The molecule has 3 rings (SSSR count). The number of rotatable bonds is 2. The van der Waals surface area contributed by atoms with Crippen molar-refractivity contribution in [2.45, 2.75) is 32.1 Å². The maximum atomic E-state index is 12.5. The molecule has 0 radical (unpaired) electrons. The summed E-state index contributed by atoms with van der Waals surface area (Å²) in [4.78, 5) is 37.7. The topological polar surface area (TPSA) is 86.7 Å². The van der Waals surface area contributed by atoms with Crippen LogP contribution < -0.4 is 5.32 Å². The van der Waals surface area contributed by atoms with E-state index in [2.05, 4.69) is 5.32 Å². The van der Waals surface area contributed by atoms with Crippen LogP contribution in [0, 0.1) is 5.92 Å². The molecule has 6 nitrogen and oxygen atoms in total. The van der Waals surface area contributed by atoms with Crippen LogP contribution in [0.5, 0.6) is 0 Å². The van der Waals surface area contributed by atoms with E-state index < -0.39 is 11.4 Å². The third-order valence-electron chi connectivity index (χ3n) is 4.89. The Bertz CT molecular complexity index is 688. The van der Waals surface area contributed by atoms with Gasteiger partial charge in [-0.1, -0.05) is 13.8 Å². The molecule has 1 fully saturated rings. The lowest BCUT2D eigenvalue weighted by molar-refractivity contribution is -0.137. The average molecular weight is 316 g/mol. The number of amides is 2. The Labute approximate surface area is 134 Å². The Balaban J connectivity index is 1.90. The van der Waals surface area contributed by atoms with Gasteiger partial charge in [-0.15, -0.1) is 0 Å². The molecule has 0 unspecified atom stereocenters.